The fourth-order valence-electron chi connectivity index (χ4n) is 5.85. The summed E-state index contributed by atoms with van der Waals surface area (Å²) in [5.41, 5.74) is 0.955. The zero-order chi connectivity index (χ0) is 15.4. The monoisotopic (exact) mass is 318 g/mol. The van der Waals surface area contributed by atoms with E-state index in [2.05, 4.69) is 6.92 Å². The average molecular weight is 318 g/mol. The molecule has 4 saturated carbocycles. The predicted molar refractivity (Wildman–Crippen MR) is 89.1 cm³/mol. The number of hydrogen-bond acceptors (Lipinski definition) is 2. The van der Waals surface area contributed by atoms with Crippen molar-refractivity contribution in [3.8, 4) is 0 Å². The molecule has 0 aliphatic heterocycles. The molecule has 0 heterocycles. The van der Waals surface area contributed by atoms with Gasteiger partial charge in [-0.1, -0.05) is 37.3 Å². The van der Waals surface area contributed by atoms with Gasteiger partial charge in [0.2, 0.25) is 0 Å². The maximum Gasteiger partial charge on any atom is 0.155 e. The summed E-state index contributed by atoms with van der Waals surface area (Å²) in [5, 5.41) is 0. The van der Waals surface area contributed by atoms with Crippen molar-refractivity contribution in [2.45, 2.75) is 44.8 Å². The number of benzene rings is 1. The molecule has 4 fully saturated rings. The molecule has 0 radical (unpaired) electrons. The van der Waals surface area contributed by atoms with Crippen LogP contribution in [0, 0.1) is 29.1 Å². The second-order valence-corrected chi connectivity index (χ2v) is 10.4. The van der Waals surface area contributed by atoms with Crippen LogP contribution in [0.2, 0.25) is 0 Å². The molecule has 22 heavy (non-hydrogen) atoms. The lowest BCUT2D eigenvalue weighted by molar-refractivity contribution is -0.0855. The van der Waals surface area contributed by atoms with Gasteiger partial charge in [-0.15, -0.1) is 0 Å². The molecule has 5 rings (SSSR count). The summed E-state index contributed by atoms with van der Waals surface area (Å²) in [4.78, 5) is 0. The van der Waals surface area contributed by atoms with Gasteiger partial charge < -0.3 is 0 Å². The molecule has 0 atom stereocenters. The lowest BCUT2D eigenvalue weighted by Crippen LogP contribution is -2.54. The van der Waals surface area contributed by atoms with Crippen molar-refractivity contribution < 1.29 is 8.42 Å². The van der Waals surface area contributed by atoms with Gasteiger partial charge in [0.25, 0.3) is 0 Å². The van der Waals surface area contributed by atoms with E-state index in [1.54, 1.807) is 0 Å². The zero-order valence-corrected chi connectivity index (χ0v) is 14.2. The van der Waals surface area contributed by atoms with E-state index in [1.807, 2.05) is 30.3 Å². The number of sulfone groups is 1. The Morgan fingerprint density at radius 1 is 0.955 bits per heavy atom. The van der Waals surface area contributed by atoms with Crippen molar-refractivity contribution in [1.82, 2.24) is 0 Å². The first-order chi connectivity index (χ1) is 10.4. The van der Waals surface area contributed by atoms with Crippen LogP contribution < -0.4 is 0 Å². The van der Waals surface area contributed by atoms with Crippen LogP contribution in [0.5, 0.6) is 0 Å². The largest absolute Gasteiger partial charge is 0.228 e. The predicted octanol–water partition coefficient (Wildman–Crippen LogP) is 4.06. The smallest absolute Gasteiger partial charge is 0.155 e. The molecule has 0 spiro atoms. The lowest BCUT2D eigenvalue weighted by Gasteiger charge is -2.60. The quantitative estimate of drug-likeness (QED) is 0.839. The van der Waals surface area contributed by atoms with E-state index in [0.717, 1.165) is 17.4 Å². The Morgan fingerprint density at radius 3 is 2.05 bits per heavy atom. The van der Waals surface area contributed by atoms with E-state index in [9.17, 15) is 8.42 Å². The van der Waals surface area contributed by atoms with Crippen LogP contribution in [0.4, 0.5) is 0 Å². The van der Waals surface area contributed by atoms with Crippen molar-refractivity contribution >= 4 is 9.84 Å². The minimum Gasteiger partial charge on any atom is -0.228 e. The maximum atomic E-state index is 12.8. The normalized spacial score (nSPS) is 40.0. The Hall–Kier alpha value is -0.830. The first kappa shape index (κ1) is 14.7. The molecule has 0 amide bonds. The fourth-order valence-corrected chi connectivity index (χ4v) is 8.07. The third-order valence-electron chi connectivity index (χ3n) is 6.76. The molecular formula is C19H26O2S. The highest BCUT2D eigenvalue weighted by Gasteiger charge is 2.55. The summed E-state index contributed by atoms with van der Waals surface area (Å²) in [6.45, 7) is 2.28. The van der Waals surface area contributed by atoms with E-state index in [4.69, 9.17) is 0 Å². The van der Waals surface area contributed by atoms with E-state index < -0.39 is 9.84 Å². The van der Waals surface area contributed by atoms with Gasteiger partial charge >= 0.3 is 0 Å². The maximum absolute atomic E-state index is 12.8. The van der Waals surface area contributed by atoms with E-state index >= 15 is 0 Å². The molecule has 4 aliphatic rings. The molecule has 0 unspecified atom stereocenters. The molecule has 4 bridgehead atoms. The van der Waals surface area contributed by atoms with Crippen LogP contribution in [0.15, 0.2) is 30.3 Å². The standard InChI is InChI=1S/C19H26O2S/c1-19(13-22(20,21)12-14-5-3-2-4-6-14)17-8-15-7-16(10-17)11-18(19)9-15/h2-6,15-18H,7-13H2,1H3. The minimum atomic E-state index is -3.04. The Bertz CT molecular complexity index is 619. The molecule has 0 saturated heterocycles. The van der Waals surface area contributed by atoms with Gasteiger partial charge in [-0.3, -0.25) is 0 Å². The van der Waals surface area contributed by atoms with Crippen molar-refractivity contribution in [1.29, 1.82) is 0 Å². The van der Waals surface area contributed by atoms with Crippen molar-refractivity contribution in [3.63, 3.8) is 0 Å². The van der Waals surface area contributed by atoms with E-state index in [1.165, 1.54) is 32.1 Å². The Kier molecular flexibility index (Phi) is 3.41. The molecule has 2 nitrogen and oxygen atoms in total. The van der Waals surface area contributed by atoms with Crippen LogP contribution in [0.1, 0.15) is 44.6 Å². The average Bonchev–Trinajstić information content (AvgIpc) is 2.44. The molecule has 0 aromatic heterocycles. The van der Waals surface area contributed by atoms with Crippen LogP contribution in [0.3, 0.4) is 0 Å². The van der Waals surface area contributed by atoms with Gasteiger partial charge in [0, 0.05) is 0 Å². The first-order valence-electron chi connectivity index (χ1n) is 8.69. The Balaban J connectivity index is 1.54. The van der Waals surface area contributed by atoms with Gasteiger partial charge in [0.05, 0.1) is 11.5 Å². The van der Waals surface area contributed by atoms with Gasteiger partial charge in [-0.05, 0) is 66.8 Å². The van der Waals surface area contributed by atoms with Gasteiger partial charge in [0.15, 0.2) is 9.84 Å². The van der Waals surface area contributed by atoms with Gasteiger partial charge in [-0.2, -0.15) is 0 Å². The van der Waals surface area contributed by atoms with Crippen LogP contribution in [0.25, 0.3) is 0 Å². The third kappa shape index (κ3) is 2.51. The highest BCUT2D eigenvalue weighted by atomic mass is 32.2. The second-order valence-electron chi connectivity index (χ2n) is 8.33. The highest BCUT2D eigenvalue weighted by molar-refractivity contribution is 7.90. The number of rotatable bonds is 4. The van der Waals surface area contributed by atoms with E-state index in [0.29, 0.717) is 17.6 Å². The van der Waals surface area contributed by atoms with Crippen LogP contribution in [-0.2, 0) is 15.6 Å². The van der Waals surface area contributed by atoms with E-state index in [-0.39, 0.29) is 11.2 Å². The van der Waals surface area contributed by atoms with Crippen LogP contribution >= 0.6 is 0 Å². The Morgan fingerprint density at radius 2 is 1.50 bits per heavy atom. The summed E-state index contributed by atoms with van der Waals surface area (Å²) in [6.07, 6.45) is 6.54. The molecular weight excluding hydrogens is 292 g/mol. The highest BCUT2D eigenvalue weighted by Crippen LogP contribution is 2.62. The van der Waals surface area contributed by atoms with Gasteiger partial charge in [-0.25, -0.2) is 8.42 Å². The van der Waals surface area contributed by atoms with Crippen LogP contribution in [-0.4, -0.2) is 14.2 Å². The summed E-state index contributed by atoms with van der Waals surface area (Å²) in [7, 11) is -3.04. The summed E-state index contributed by atoms with van der Waals surface area (Å²) < 4.78 is 25.6. The Labute approximate surface area is 134 Å². The summed E-state index contributed by atoms with van der Waals surface area (Å²) in [5.74, 6) is 3.68. The topological polar surface area (TPSA) is 34.1 Å². The molecule has 120 valence electrons. The molecule has 3 heteroatoms. The molecule has 1 aromatic carbocycles. The van der Waals surface area contributed by atoms with Crippen molar-refractivity contribution in [2.24, 2.45) is 29.1 Å². The van der Waals surface area contributed by atoms with Gasteiger partial charge in [0.1, 0.15) is 0 Å². The lowest BCUT2D eigenvalue weighted by atomic mass is 9.46. The summed E-state index contributed by atoms with van der Waals surface area (Å²) in [6, 6.07) is 9.65. The molecule has 0 N–H and O–H groups in total. The first-order valence-corrected chi connectivity index (χ1v) is 10.5. The fraction of sp³-hybridized carbons (Fsp3) is 0.684. The van der Waals surface area contributed by atoms with Crippen molar-refractivity contribution in [3.05, 3.63) is 35.9 Å². The second kappa shape index (κ2) is 5.09. The zero-order valence-electron chi connectivity index (χ0n) is 13.4. The SMILES string of the molecule is CC1(CS(=O)(=O)Cc2ccccc2)C2CC3CC(C2)CC1C3. The number of hydrogen-bond donors (Lipinski definition) is 0. The molecule has 1 aromatic rings. The van der Waals surface area contributed by atoms with Crippen molar-refractivity contribution in [2.75, 3.05) is 5.75 Å². The third-order valence-corrected chi connectivity index (χ3v) is 8.60. The minimum absolute atomic E-state index is 0.0288. The molecule has 4 aliphatic carbocycles. The summed E-state index contributed by atoms with van der Waals surface area (Å²) >= 11 is 0.